The molecule has 1 saturated heterocycles. The SMILES string of the molecule is CCNCc1cccc(OCCN2CCCC2CC)c1. The van der Waals surface area contributed by atoms with E-state index < -0.39 is 0 Å². The lowest BCUT2D eigenvalue weighted by Crippen LogP contribution is -2.32. The van der Waals surface area contributed by atoms with Gasteiger partial charge in [-0.2, -0.15) is 0 Å². The van der Waals surface area contributed by atoms with Crippen molar-refractivity contribution in [3.63, 3.8) is 0 Å². The van der Waals surface area contributed by atoms with Gasteiger partial charge in [-0.1, -0.05) is 26.0 Å². The first-order chi connectivity index (χ1) is 9.83. The second-order valence-corrected chi connectivity index (χ2v) is 5.52. The smallest absolute Gasteiger partial charge is 0.119 e. The Balaban J connectivity index is 1.76. The Labute approximate surface area is 123 Å². The molecule has 3 nitrogen and oxygen atoms in total. The second kappa shape index (κ2) is 8.28. The van der Waals surface area contributed by atoms with E-state index in [0.717, 1.165) is 38.0 Å². The van der Waals surface area contributed by atoms with Crippen LogP contribution in [-0.2, 0) is 6.54 Å². The van der Waals surface area contributed by atoms with Gasteiger partial charge < -0.3 is 10.1 Å². The highest BCUT2D eigenvalue weighted by molar-refractivity contribution is 5.28. The fourth-order valence-corrected chi connectivity index (χ4v) is 2.95. The van der Waals surface area contributed by atoms with Crippen LogP contribution in [0.25, 0.3) is 0 Å². The molecule has 1 atom stereocenters. The highest BCUT2D eigenvalue weighted by Crippen LogP contribution is 2.19. The van der Waals surface area contributed by atoms with Crippen LogP contribution in [0.4, 0.5) is 0 Å². The lowest BCUT2D eigenvalue weighted by atomic mass is 10.2. The molecule has 20 heavy (non-hydrogen) atoms. The summed E-state index contributed by atoms with van der Waals surface area (Å²) < 4.78 is 5.91. The normalized spacial score (nSPS) is 19.4. The van der Waals surface area contributed by atoms with Gasteiger partial charge in [-0.25, -0.2) is 0 Å². The Morgan fingerprint density at radius 2 is 2.25 bits per heavy atom. The molecule has 1 fully saturated rings. The largest absolute Gasteiger partial charge is 0.492 e. The third-order valence-electron chi connectivity index (χ3n) is 4.10. The van der Waals surface area contributed by atoms with E-state index >= 15 is 0 Å². The maximum Gasteiger partial charge on any atom is 0.119 e. The van der Waals surface area contributed by atoms with Crippen molar-refractivity contribution in [1.82, 2.24) is 10.2 Å². The number of nitrogens with one attached hydrogen (secondary N) is 1. The lowest BCUT2D eigenvalue weighted by Gasteiger charge is -2.23. The fraction of sp³-hybridized carbons (Fsp3) is 0.647. The highest BCUT2D eigenvalue weighted by atomic mass is 16.5. The summed E-state index contributed by atoms with van der Waals surface area (Å²) in [5.74, 6) is 0.993. The standard InChI is InChI=1S/C17H28N2O/c1-3-16-8-6-10-19(16)11-12-20-17-9-5-7-15(13-17)14-18-4-2/h5,7,9,13,16,18H,3-4,6,8,10-12,14H2,1-2H3. The van der Waals surface area contributed by atoms with Crippen LogP contribution in [0.2, 0.25) is 0 Å². The molecule has 0 aromatic heterocycles. The van der Waals surface area contributed by atoms with Gasteiger partial charge >= 0.3 is 0 Å². The average molecular weight is 276 g/mol. The summed E-state index contributed by atoms with van der Waals surface area (Å²) in [4.78, 5) is 2.57. The van der Waals surface area contributed by atoms with E-state index in [1.54, 1.807) is 0 Å². The monoisotopic (exact) mass is 276 g/mol. The Morgan fingerprint density at radius 3 is 3.05 bits per heavy atom. The van der Waals surface area contributed by atoms with Crippen molar-refractivity contribution in [2.75, 3.05) is 26.2 Å². The molecule has 0 radical (unpaired) electrons. The molecule has 1 heterocycles. The molecule has 1 unspecified atom stereocenters. The molecule has 1 aromatic carbocycles. The zero-order valence-electron chi connectivity index (χ0n) is 12.9. The van der Waals surface area contributed by atoms with Crippen molar-refractivity contribution in [1.29, 1.82) is 0 Å². The predicted octanol–water partition coefficient (Wildman–Crippen LogP) is 3.05. The van der Waals surface area contributed by atoms with Gasteiger partial charge in [0.15, 0.2) is 0 Å². The minimum atomic E-state index is 0.777. The van der Waals surface area contributed by atoms with Crippen molar-refractivity contribution in [2.45, 2.75) is 45.7 Å². The molecule has 0 amide bonds. The topological polar surface area (TPSA) is 24.5 Å². The molecular formula is C17H28N2O. The third-order valence-corrected chi connectivity index (χ3v) is 4.10. The van der Waals surface area contributed by atoms with Crippen LogP contribution in [0.3, 0.4) is 0 Å². The van der Waals surface area contributed by atoms with Gasteiger partial charge in [0.1, 0.15) is 12.4 Å². The molecule has 0 saturated carbocycles. The number of benzene rings is 1. The molecule has 1 aromatic rings. The lowest BCUT2D eigenvalue weighted by molar-refractivity contribution is 0.193. The van der Waals surface area contributed by atoms with Crippen LogP contribution >= 0.6 is 0 Å². The summed E-state index contributed by atoms with van der Waals surface area (Å²) in [5.41, 5.74) is 1.29. The van der Waals surface area contributed by atoms with Crippen LogP contribution in [0.1, 0.15) is 38.7 Å². The predicted molar refractivity (Wildman–Crippen MR) is 84.2 cm³/mol. The highest BCUT2D eigenvalue weighted by Gasteiger charge is 2.22. The van der Waals surface area contributed by atoms with Crippen LogP contribution in [0.5, 0.6) is 5.75 Å². The van der Waals surface area contributed by atoms with Gasteiger partial charge in [0.2, 0.25) is 0 Å². The maximum atomic E-state index is 5.91. The number of hydrogen-bond acceptors (Lipinski definition) is 3. The number of rotatable bonds is 8. The summed E-state index contributed by atoms with van der Waals surface area (Å²) >= 11 is 0. The maximum absolute atomic E-state index is 5.91. The van der Waals surface area contributed by atoms with E-state index in [4.69, 9.17) is 4.74 Å². The van der Waals surface area contributed by atoms with E-state index in [2.05, 4.69) is 48.3 Å². The molecule has 1 N–H and O–H groups in total. The molecule has 0 bridgehead atoms. The van der Waals surface area contributed by atoms with E-state index in [1.807, 2.05) is 0 Å². The molecular weight excluding hydrogens is 248 g/mol. The Morgan fingerprint density at radius 1 is 1.35 bits per heavy atom. The van der Waals surface area contributed by atoms with E-state index in [1.165, 1.54) is 31.4 Å². The summed E-state index contributed by atoms with van der Waals surface area (Å²) in [6.45, 7) is 9.41. The van der Waals surface area contributed by atoms with Crippen LogP contribution in [0.15, 0.2) is 24.3 Å². The van der Waals surface area contributed by atoms with Gasteiger partial charge in [-0.15, -0.1) is 0 Å². The number of ether oxygens (including phenoxy) is 1. The summed E-state index contributed by atoms with van der Waals surface area (Å²) in [7, 11) is 0. The van der Waals surface area contributed by atoms with E-state index in [0.29, 0.717) is 0 Å². The second-order valence-electron chi connectivity index (χ2n) is 5.52. The number of nitrogens with zero attached hydrogens (tertiary/aromatic N) is 1. The molecule has 112 valence electrons. The fourth-order valence-electron chi connectivity index (χ4n) is 2.95. The van der Waals surface area contributed by atoms with Crippen molar-refractivity contribution in [3.8, 4) is 5.75 Å². The molecule has 1 aliphatic rings. The van der Waals surface area contributed by atoms with Crippen molar-refractivity contribution in [3.05, 3.63) is 29.8 Å². The van der Waals surface area contributed by atoms with Crippen LogP contribution in [-0.4, -0.2) is 37.2 Å². The first-order valence-corrected chi connectivity index (χ1v) is 8.00. The average Bonchev–Trinajstić information content (AvgIpc) is 2.93. The number of likely N-dealkylation sites (tertiary alicyclic amines) is 1. The van der Waals surface area contributed by atoms with Gasteiger partial charge in [-0.05, 0) is 50.0 Å². The van der Waals surface area contributed by atoms with Crippen molar-refractivity contribution in [2.24, 2.45) is 0 Å². The minimum Gasteiger partial charge on any atom is -0.492 e. The Bertz CT molecular complexity index is 394. The zero-order chi connectivity index (χ0) is 14.2. The van der Waals surface area contributed by atoms with E-state index in [-0.39, 0.29) is 0 Å². The Hall–Kier alpha value is -1.06. The minimum absolute atomic E-state index is 0.777. The first kappa shape index (κ1) is 15.3. The Kier molecular flexibility index (Phi) is 6.34. The van der Waals surface area contributed by atoms with Gasteiger partial charge in [0.25, 0.3) is 0 Å². The number of hydrogen-bond donors (Lipinski definition) is 1. The van der Waals surface area contributed by atoms with E-state index in [9.17, 15) is 0 Å². The summed E-state index contributed by atoms with van der Waals surface area (Å²) in [6.07, 6.45) is 3.96. The molecule has 0 spiro atoms. The van der Waals surface area contributed by atoms with Crippen LogP contribution < -0.4 is 10.1 Å². The van der Waals surface area contributed by atoms with Crippen LogP contribution in [0, 0.1) is 0 Å². The van der Waals surface area contributed by atoms with Crippen molar-refractivity contribution < 1.29 is 4.74 Å². The first-order valence-electron chi connectivity index (χ1n) is 8.00. The van der Waals surface area contributed by atoms with Crippen molar-refractivity contribution >= 4 is 0 Å². The van der Waals surface area contributed by atoms with Gasteiger partial charge in [0, 0.05) is 19.1 Å². The molecule has 2 rings (SSSR count). The quantitative estimate of drug-likeness (QED) is 0.790. The third kappa shape index (κ3) is 4.50. The molecule has 3 heteroatoms. The summed E-state index contributed by atoms with van der Waals surface area (Å²) in [5, 5.41) is 3.34. The summed E-state index contributed by atoms with van der Waals surface area (Å²) in [6, 6.07) is 9.19. The molecule has 1 aliphatic heterocycles. The molecule has 0 aliphatic carbocycles. The zero-order valence-corrected chi connectivity index (χ0v) is 12.9. The van der Waals surface area contributed by atoms with Gasteiger partial charge in [-0.3, -0.25) is 4.90 Å². The van der Waals surface area contributed by atoms with Gasteiger partial charge in [0.05, 0.1) is 0 Å².